The van der Waals surface area contributed by atoms with Gasteiger partial charge in [-0.3, -0.25) is 4.79 Å². The third-order valence-corrected chi connectivity index (χ3v) is 3.86. The Bertz CT molecular complexity index is 593. The summed E-state index contributed by atoms with van der Waals surface area (Å²) in [7, 11) is 0. The summed E-state index contributed by atoms with van der Waals surface area (Å²) >= 11 is 1.45. The van der Waals surface area contributed by atoms with Crippen molar-refractivity contribution in [2.45, 2.75) is 26.3 Å². The molecule has 1 aromatic heterocycles. The lowest BCUT2D eigenvalue weighted by Gasteiger charge is -2.24. The summed E-state index contributed by atoms with van der Waals surface area (Å²) < 4.78 is 13.7. The van der Waals surface area contributed by atoms with Gasteiger partial charge in [0, 0.05) is 11.6 Å². The lowest BCUT2D eigenvalue weighted by atomic mass is 10.0. The van der Waals surface area contributed by atoms with Gasteiger partial charge in [-0.25, -0.2) is 9.37 Å². The Morgan fingerprint density at radius 3 is 2.74 bits per heavy atom. The third kappa shape index (κ3) is 2.98. The van der Waals surface area contributed by atoms with Gasteiger partial charge < -0.3 is 5.32 Å². The predicted octanol–water partition coefficient (Wildman–Crippen LogP) is 3.26. The van der Waals surface area contributed by atoms with Gasteiger partial charge in [0.2, 0.25) is 0 Å². The highest BCUT2D eigenvalue weighted by Gasteiger charge is 2.26. The molecule has 1 aromatic carbocycles. The van der Waals surface area contributed by atoms with E-state index >= 15 is 0 Å². The molecule has 0 spiro atoms. The Kier molecular flexibility index (Phi) is 3.66. The average Bonchev–Trinajstić information content (AvgIpc) is 2.81. The highest BCUT2D eigenvalue weighted by Crippen LogP contribution is 2.23. The van der Waals surface area contributed by atoms with E-state index in [1.54, 1.807) is 19.2 Å². The topological polar surface area (TPSA) is 42.0 Å². The van der Waals surface area contributed by atoms with Gasteiger partial charge in [0.25, 0.3) is 5.91 Å². The van der Waals surface area contributed by atoms with Crippen LogP contribution in [0.3, 0.4) is 0 Å². The summed E-state index contributed by atoms with van der Waals surface area (Å²) in [5.74, 6) is -0.940. The molecule has 0 aliphatic heterocycles. The van der Waals surface area contributed by atoms with Gasteiger partial charge in [0.15, 0.2) is 0 Å². The smallest absolute Gasteiger partial charge is 0.255 e. The zero-order valence-corrected chi connectivity index (χ0v) is 11.8. The Hall–Kier alpha value is -1.75. The Balaban J connectivity index is 2.21. The third-order valence-electron chi connectivity index (χ3n) is 2.76. The maximum absolute atomic E-state index is 13.7. The number of benzene rings is 1. The first-order chi connectivity index (χ1) is 8.90. The molecule has 0 saturated heterocycles. The number of hydrogen-bond acceptors (Lipinski definition) is 3. The van der Waals surface area contributed by atoms with Crippen molar-refractivity contribution in [2.75, 3.05) is 0 Å². The summed E-state index contributed by atoms with van der Waals surface area (Å²) in [6, 6.07) is 4.57. The second-order valence-electron chi connectivity index (χ2n) is 4.90. The van der Waals surface area contributed by atoms with Gasteiger partial charge in [0.05, 0.1) is 11.1 Å². The zero-order chi connectivity index (χ0) is 14.0. The Labute approximate surface area is 115 Å². The van der Waals surface area contributed by atoms with Crippen LogP contribution in [0.5, 0.6) is 0 Å². The SMILES string of the molecule is Cc1ccc(C(=O)NC(C)(C)c2nccs2)c(F)c1. The molecular formula is C14H15FN2OS. The number of amides is 1. The number of aromatic nitrogens is 1. The lowest BCUT2D eigenvalue weighted by Crippen LogP contribution is -2.41. The highest BCUT2D eigenvalue weighted by atomic mass is 32.1. The number of rotatable bonds is 3. The minimum absolute atomic E-state index is 0.0511. The first-order valence-corrected chi connectivity index (χ1v) is 6.77. The van der Waals surface area contributed by atoms with Crippen molar-refractivity contribution in [3.05, 3.63) is 51.7 Å². The second-order valence-corrected chi connectivity index (χ2v) is 5.79. The van der Waals surface area contributed by atoms with Gasteiger partial charge in [0.1, 0.15) is 10.8 Å². The number of aryl methyl sites for hydroxylation is 1. The van der Waals surface area contributed by atoms with Gasteiger partial charge in [-0.2, -0.15) is 0 Å². The first kappa shape index (κ1) is 13.7. The van der Waals surface area contributed by atoms with Crippen LogP contribution in [0.2, 0.25) is 0 Å². The Morgan fingerprint density at radius 2 is 2.16 bits per heavy atom. The molecule has 1 heterocycles. The zero-order valence-electron chi connectivity index (χ0n) is 11.0. The largest absolute Gasteiger partial charge is 0.341 e. The van der Waals surface area contributed by atoms with Crippen LogP contribution in [0.15, 0.2) is 29.8 Å². The molecule has 100 valence electrons. The molecule has 5 heteroatoms. The van der Waals surface area contributed by atoms with Crippen LogP contribution < -0.4 is 5.32 Å². The molecule has 1 N–H and O–H groups in total. The van der Waals surface area contributed by atoms with Crippen LogP contribution in [0, 0.1) is 12.7 Å². The summed E-state index contributed by atoms with van der Waals surface area (Å²) in [6.07, 6.45) is 1.68. The molecule has 0 unspecified atom stereocenters. The van der Waals surface area contributed by atoms with Gasteiger partial charge in [-0.15, -0.1) is 11.3 Å². The van der Waals surface area contributed by atoms with Gasteiger partial charge >= 0.3 is 0 Å². The average molecular weight is 278 g/mol. The van der Waals surface area contributed by atoms with Crippen molar-refractivity contribution in [2.24, 2.45) is 0 Å². The molecule has 0 aliphatic rings. The van der Waals surface area contributed by atoms with E-state index in [1.807, 2.05) is 19.2 Å². The molecule has 0 aliphatic carbocycles. The van der Waals surface area contributed by atoms with Gasteiger partial charge in [-0.1, -0.05) is 6.07 Å². The predicted molar refractivity (Wildman–Crippen MR) is 73.7 cm³/mol. The summed E-state index contributed by atoms with van der Waals surface area (Å²) in [4.78, 5) is 16.3. The molecule has 3 nitrogen and oxygen atoms in total. The molecule has 2 rings (SSSR count). The molecule has 0 fully saturated rings. The highest BCUT2D eigenvalue weighted by molar-refractivity contribution is 7.09. The maximum Gasteiger partial charge on any atom is 0.255 e. The summed E-state index contributed by atoms with van der Waals surface area (Å²) in [5, 5.41) is 5.43. The minimum Gasteiger partial charge on any atom is -0.341 e. The fraction of sp³-hybridized carbons (Fsp3) is 0.286. The van der Waals surface area contributed by atoms with E-state index in [1.165, 1.54) is 23.5 Å². The van der Waals surface area contributed by atoms with E-state index < -0.39 is 17.3 Å². The Morgan fingerprint density at radius 1 is 1.42 bits per heavy atom. The number of hydrogen-bond donors (Lipinski definition) is 1. The molecule has 0 radical (unpaired) electrons. The summed E-state index contributed by atoms with van der Waals surface area (Å²) in [6.45, 7) is 5.47. The number of carbonyl (C=O) groups is 1. The van der Waals surface area contributed by atoms with E-state index in [0.29, 0.717) is 0 Å². The van der Waals surface area contributed by atoms with Crippen LogP contribution in [-0.2, 0) is 5.54 Å². The lowest BCUT2D eigenvalue weighted by molar-refractivity contribution is 0.0908. The number of thiazole rings is 1. The number of halogens is 1. The van der Waals surface area contributed by atoms with Crippen molar-refractivity contribution in [1.82, 2.24) is 10.3 Å². The molecule has 0 saturated carbocycles. The van der Waals surface area contributed by atoms with Crippen molar-refractivity contribution in [3.8, 4) is 0 Å². The maximum atomic E-state index is 13.7. The second kappa shape index (κ2) is 5.09. The fourth-order valence-corrected chi connectivity index (χ4v) is 2.46. The van der Waals surface area contributed by atoms with Crippen LogP contribution in [0.25, 0.3) is 0 Å². The monoisotopic (exact) mass is 278 g/mol. The quantitative estimate of drug-likeness (QED) is 0.936. The molecule has 2 aromatic rings. The fourth-order valence-electron chi connectivity index (χ4n) is 1.74. The van der Waals surface area contributed by atoms with Crippen molar-refractivity contribution in [3.63, 3.8) is 0 Å². The summed E-state index contributed by atoms with van der Waals surface area (Å²) in [5.41, 5.74) is 0.214. The number of nitrogens with zero attached hydrogens (tertiary/aromatic N) is 1. The van der Waals surface area contributed by atoms with Crippen LogP contribution >= 0.6 is 11.3 Å². The van der Waals surface area contributed by atoms with E-state index in [2.05, 4.69) is 10.3 Å². The van der Waals surface area contributed by atoms with Crippen LogP contribution in [0.1, 0.15) is 34.8 Å². The van der Waals surface area contributed by atoms with Crippen molar-refractivity contribution < 1.29 is 9.18 Å². The molecule has 1 amide bonds. The number of nitrogens with one attached hydrogen (secondary N) is 1. The molecule has 0 bridgehead atoms. The molecular weight excluding hydrogens is 263 g/mol. The standard InChI is InChI=1S/C14H15FN2OS/c1-9-4-5-10(11(15)8-9)12(18)17-14(2,3)13-16-6-7-19-13/h4-8H,1-3H3,(H,17,18). The van der Waals surface area contributed by atoms with E-state index in [0.717, 1.165) is 10.6 Å². The van der Waals surface area contributed by atoms with Crippen molar-refractivity contribution >= 4 is 17.2 Å². The van der Waals surface area contributed by atoms with Gasteiger partial charge in [-0.05, 0) is 38.5 Å². The van der Waals surface area contributed by atoms with Crippen molar-refractivity contribution in [1.29, 1.82) is 0 Å². The van der Waals surface area contributed by atoms with E-state index in [4.69, 9.17) is 0 Å². The van der Waals surface area contributed by atoms with Crippen LogP contribution in [-0.4, -0.2) is 10.9 Å². The first-order valence-electron chi connectivity index (χ1n) is 5.89. The molecule has 19 heavy (non-hydrogen) atoms. The van der Waals surface area contributed by atoms with E-state index in [-0.39, 0.29) is 5.56 Å². The normalized spacial score (nSPS) is 11.4. The van der Waals surface area contributed by atoms with E-state index in [9.17, 15) is 9.18 Å². The van der Waals surface area contributed by atoms with Crippen LogP contribution in [0.4, 0.5) is 4.39 Å². The molecule has 0 atom stereocenters. The number of carbonyl (C=O) groups excluding carboxylic acids is 1. The minimum atomic E-state index is -0.622.